The van der Waals surface area contributed by atoms with Crippen LogP contribution >= 0.6 is 0 Å². The van der Waals surface area contributed by atoms with Crippen LogP contribution in [0, 0.1) is 0 Å². The lowest BCUT2D eigenvalue weighted by molar-refractivity contribution is 0.0915. The van der Waals surface area contributed by atoms with Crippen LogP contribution in [0.25, 0.3) is 10.8 Å². The molecule has 1 aliphatic heterocycles. The second-order valence-corrected chi connectivity index (χ2v) is 4.57. The molecule has 3 rings (SSSR count). The lowest BCUT2D eigenvalue weighted by atomic mass is 9.89. The van der Waals surface area contributed by atoms with E-state index in [4.69, 9.17) is 0 Å². The van der Waals surface area contributed by atoms with Gasteiger partial charge in [0.15, 0.2) is 0 Å². The van der Waals surface area contributed by atoms with Gasteiger partial charge in [-0.2, -0.15) is 0 Å². The topological polar surface area (TPSA) is 12.0 Å². The van der Waals surface area contributed by atoms with Crippen molar-refractivity contribution in [3.05, 3.63) is 48.0 Å². The lowest BCUT2D eigenvalue weighted by Gasteiger charge is -2.35. The number of rotatable bonds is 2. The van der Waals surface area contributed by atoms with Gasteiger partial charge >= 0.3 is 0 Å². The molecule has 1 aliphatic rings. The molecule has 0 saturated carbocycles. The van der Waals surface area contributed by atoms with Crippen LogP contribution < -0.4 is 5.32 Å². The van der Waals surface area contributed by atoms with Gasteiger partial charge in [-0.1, -0.05) is 42.5 Å². The van der Waals surface area contributed by atoms with Gasteiger partial charge in [0, 0.05) is 19.5 Å². The summed E-state index contributed by atoms with van der Waals surface area (Å²) in [6.45, 7) is 0.965. The summed E-state index contributed by atoms with van der Waals surface area (Å²) in [4.78, 5) is 0. The number of fused-ring (bicyclic) bond motifs is 1. The van der Waals surface area contributed by atoms with E-state index in [1.165, 1.54) is 10.8 Å². The highest BCUT2D eigenvalue weighted by Crippen LogP contribution is 2.27. The zero-order valence-electron chi connectivity index (χ0n) is 9.04. The normalized spacial score (nSPS) is 18.3. The maximum absolute atomic E-state index is 14.1. The summed E-state index contributed by atoms with van der Waals surface area (Å²) in [6.07, 6.45) is 0.515. The predicted molar refractivity (Wildman–Crippen MR) is 64.4 cm³/mol. The minimum Gasteiger partial charge on any atom is -0.310 e. The van der Waals surface area contributed by atoms with E-state index in [-0.39, 0.29) is 0 Å². The van der Waals surface area contributed by atoms with Crippen LogP contribution in [0.15, 0.2) is 42.5 Å². The van der Waals surface area contributed by atoms with E-state index in [9.17, 15) is 4.39 Å². The first-order valence-corrected chi connectivity index (χ1v) is 5.63. The molecule has 1 N–H and O–H groups in total. The molecule has 0 aliphatic carbocycles. The Kier molecular flexibility index (Phi) is 2.18. The molecular weight excluding hydrogens is 201 g/mol. The van der Waals surface area contributed by atoms with Crippen molar-refractivity contribution in [1.82, 2.24) is 5.32 Å². The maximum atomic E-state index is 14.1. The lowest BCUT2D eigenvalue weighted by Crippen LogP contribution is -2.57. The molecule has 0 bridgehead atoms. The zero-order valence-corrected chi connectivity index (χ0v) is 9.04. The fraction of sp³-hybridized carbons (Fsp3) is 0.286. The average molecular weight is 215 g/mol. The van der Waals surface area contributed by atoms with E-state index in [1.54, 1.807) is 0 Å². The summed E-state index contributed by atoms with van der Waals surface area (Å²) in [6, 6.07) is 14.3. The molecule has 1 saturated heterocycles. The molecule has 0 atom stereocenters. The van der Waals surface area contributed by atoms with E-state index in [2.05, 4.69) is 23.5 Å². The first kappa shape index (κ1) is 9.79. The van der Waals surface area contributed by atoms with Gasteiger partial charge in [-0.25, -0.2) is 4.39 Å². The number of halogens is 1. The highest BCUT2D eigenvalue weighted by Gasteiger charge is 2.37. The largest absolute Gasteiger partial charge is 0.310 e. The van der Waals surface area contributed by atoms with Gasteiger partial charge in [-0.15, -0.1) is 0 Å². The minimum atomic E-state index is -1.04. The van der Waals surface area contributed by atoms with Crippen molar-refractivity contribution < 1.29 is 4.39 Å². The van der Waals surface area contributed by atoms with Crippen LogP contribution in [-0.4, -0.2) is 18.8 Å². The minimum absolute atomic E-state index is 0.482. The van der Waals surface area contributed by atoms with Crippen LogP contribution in [-0.2, 0) is 6.42 Å². The molecule has 0 aromatic heterocycles. The molecule has 0 unspecified atom stereocenters. The van der Waals surface area contributed by atoms with Crippen molar-refractivity contribution in [2.75, 3.05) is 13.1 Å². The predicted octanol–water partition coefficient (Wildman–Crippen LogP) is 2.69. The number of hydrogen-bond donors (Lipinski definition) is 1. The molecular formula is C14H14FN. The van der Waals surface area contributed by atoms with E-state index in [1.807, 2.05) is 24.3 Å². The third kappa shape index (κ3) is 1.59. The smallest absolute Gasteiger partial charge is 0.139 e. The number of benzene rings is 2. The van der Waals surface area contributed by atoms with Crippen molar-refractivity contribution >= 4 is 10.8 Å². The molecule has 1 fully saturated rings. The number of hydrogen-bond acceptors (Lipinski definition) is 1. The second kappa shape index (κ2) is 3.56. The number of alkyl halides is 1. The molecule has 2 aromatic rings. The Morgan fingerprint density at radius 3 is 2.56 bits per heavy atom. The van der Waals surface area contributed by atoms with Crippen molar-refractivity contribution in [1.29, 1.82) is 0 Å². The van der Waals surface area contributed by atoms with Crippen molar-refractivity contribution in [3.63, 3.8) is 0 Å². The van der Waals surface area contributed by atoms with Gasteiger partial charge in [-0.3, -0.25) is 0 Å². The van der Waals surface area contributed by atoms with Crippen LogP contribution in [0.4, 0.5) is 4.39 Å². The monoisotopic (exact) mass is 215 g/mol. The number of nitrogens with one attached hydrogen (secondary N) is 1. The van der Waals surface area contributed by atoms with E-state index in [0.29, 0.717) is 19.5 Å². The standard InChI is InChI=1S/C14H14FN/c15-14(9-16-10-14)8-12-6-3-5-11-4-1-2-7-13(11)12/h1-7,16H,8-10H2. The van der Waals surface area contributed by atoms with Crippen LogP contribution in [0.5, 0.6) is 0 Å². The second-order valence-electron chi connectivity index (χ2n) is 4.57. The van der Waals surface area contributed by atoms with E-state index < -0.39 is 5.67 Å². The molecule has 1 nitrogen and oxygen atoms in total. The fourth-order valence-electron chi connectivity index (χ4n) is 2.31. The Morgan fingerprint density at radius 1 is 1.06 bits per heavy atom. The Morgan fingerprint density at radius 2 is 1.81 bits per heavy atom. The Labute approximate surface area is 94.3 Å². The molecule has 0 radical (unpaired) electrons. The van der Waals surface area contributed by atoms with Gasteiger partial charge in [0.05, 0.1) is 0 Å². The SMILES string of the molecule is FC1(Cc2cccc3ccccc23)CNC1. The quantitative estimate of drug-likeness (QED) is 0.812. The summed E-state index contributed by atoms with van der Waals surface area (Å²) in [5, 5.41) is 5.36. The third-order valence-electron chi connectivity index (χ3n) is 3.27. The molecule has 82 valence electrons. The van der Waals surface area contributed by atoms with Crippen LogP contribution in [0.1, 0.15) is 5.56 Å². The van der Waals surface area contributed by atoms with Crippen LogP contribution in [0.3, 0.4) is 0 Å². The first-order valence-electron chi connectivity index (χ1n) is 5.63. The van der Waals surface area contributed by atoms with Gasteiger partial charge in [0.25, 0.3) is 0 Å². The molecule has 16 heavy (non-hydrogen) atoms. The van der Waals surface area contributed by atoms with Gasteiger partial charge in [0.1, 0.15) is 5.67 Å². The Balaban J connectivity index is 2.03. The van der Waals surface area contributed by atoms with Crippen molar-refractivity contribution in [3.8, 4) is 0 Å². The molecule has 0 spiro atoms. The van der Waals surface area contributed by atoms with Gasteiger partial charge in [-0.05, 0) is 16.3 Å². The Hall–Kier alpha value is -1.41. The first-order chi connectivity index (χ1) is 7.77. The van der Waals surface area contributed by atoms with E-state index >= 15 is 0 Å². The highest BCUT2D eigenvalue weighted by atomic mass is 19.1. The summed E-state index contributed by atoms with van der Waals surface area (Å²) in [5.41, 5.74) is 0.0755. The molecule has 2 aromatic carbocycles. The van der Waals surface area contributed by atoms with Crippen LogP contribution in [0.2, 0.25) is 0 Å². The summed E-state index contributed by atoms with van der Waals surface area (Å²) in [7, 11) is 0. The molecule has 1 heterocycles. The maximum Gasteiger partial charge on any atom is 0.139 e. The van der Waals surface area contributed by atoms with E-state index in [0.717, 1.165) is 5.56 Å². The molecule has 0 amide bonds. The fourth-order valence-corrected chi connectivity index (χ4v) is 2.31. The summed E-state index contributed by atoms with van der Waals surface area (Å²) < 4.78 is 14.1. The van der Waals surface area contributed by atoms with Gasteiger partial charge < -0.3 is 5.32 Å². The molecule has 2 heteroatoms. The average Bonchev–Trinajstić information content (AvgIpc) is 2.27. The summed E-state index contributed by atoms with van der Waals surface area (Å²) in [5.74, 6) is 0. The third-order valence-corrected chi connectivity index (χ3v) is 3.27. The van der Waals surface area contributed by atoms with Gasteiger partial charge in [0.2, 0.25) is 0 Å². The van der Waals surface area contributed by atoms with Crippen molar-refractivity contribution in [2.45, 2.75) is 12.1 Å². The summed E-state index contributed by atoms with van der Waals surface area (Å²) >= 11 is 0. The van der Waals surface area contributed by atoms with Crippen molar-refractivity contribution in [2.24, 2.45) is 0 Å². The highest BCUT2D eigenvalue weighted by molar-refractivity contribution is 5.85. The zero-order chi connectivity index (χ0) is 11.0. The Bertz CT molecular complexity index is 512.